The van der Waals surface area contributed by atoms with Gasteiger partial charge >= 0.3 is 0 Å². The van der Waals surface area contributed by atoms with E-state index < -0.39 is 0 Å². The highest BCUT2D eigenvalue weighted by atomic mass is 15.3. The van der Waals surface area contributed by atoms with E-state index in [4.69, 9.17) is 0 Å². The summed E-state index contributed by atoms with van der Waals surface area (Å²) in [7, 11) is 1.98. The first-order valence-corrected chi connectivity index (χ1v) is 6.93. The summed E-state index contributed by atoms with van der Waals surface area (Å²) in [6.45, 7) is 7.49. The van der Waals surface area contributed by atoms with Crippen LogP contribution in [0.25, 0.3) is 11.1 Å². The number of aromatic nitrogens is 2. The van der Waals surface area contributed by atoms with Crippen molar-refractivity contribution < 1.29 is 0 Å². The van der Waals surface area contributed by atoms with Crippen LogP contribution < -0.4 is 5.32 Å². The minimum absolute atomic E-state index is 0.524. The molecule has 19 heavy (non-hydrogen) atoms. The molecule has 0 radical (unpaired) electrons. The predicted molar refractivity (Wildman–Crippen MR) is 80.2 cm³/mol. The molecule has 1 atom stereocenters. The van der Waals surface area contributed by atoms with Crippen molar-refractivity contribution in [3.63, 3.8) is 0 Å². The molecular weight excluding hydrogens is 234 g/mol. The lowest BCUT2D eigenvalue weighted by atomic mass is 10.0. The standard InChI is InChI=1S/C16H23N3/c1-5-17-12(2)10-14-6-8-15(9-7-14)16-11-18-19(4)13(16)3/h6-9,11-12,17H,5,10H2,1-4H3. The van der Waals surface area contributed by atoms with Gasteiger partial charge in [0.1, 0.15) is 0 Å². The summed E-state index contributed by atoms with van der Waals surface area (Å²) in [5.41, 5.74) is 5.03. The Balaban J connectivity index is 2.12. The Morgan fingerprint density at radius 1 is 1.26 bits per heavy atom. The van der Waals surface area contributed by atoms with Crippen LogP contribution in [0, 0.1) is 6.92 Å². The molecule has 0 spiro atoms. The molecule has 3 nitrogen and oxygen atoms in total. The maximum Gasteiger partial charge on any atom is 0.0571 e. The molecule has 102 valence electrons. The Morgan fingerprint density at radius 2 is 1.95 bits per heavy atom. The Kier molecular flexibility index (Phi) is 4.38. The number of benzene rings is 1. The summed E-state index contributed by atoms with van der Waals surface area (Å²) in [6, 6.07) is 9.34. The summed E-state index contributed by atoms with van der Waals surface area (Å²) in [4.78, 5) is 0. The first-order valence-electron chi connectivity index (χ1n) is 6.93. The Labute approximate surface area is 115 Å². The average Bonchev–Trinajstić information content (AvgIpc) is 2.71. The van der Waals surface area contributed by atoms with Crippen LogP contribution in [0.2, 0.25) is 0 Å². The molecule has 0 aliphatic carbocycles. The van der Waals surface area contributed by atoms with Crippen molar-refractivity contribution in [1.29, 1.82) is 0 Å². The number of rotatable bonds is 5. The van der Waals surface area contributed by atoms with Gasteiger partial charge in [-0.15, -0.1) is 0 Å². The largest absolute Gasteiger partial charge is 0.314 e. The zero-order chi connectivity index (χ0) is 13.8. The molecule has 1 N–H and O–H groups in total. The lowest BCUT2D eigenvalue weighted by Gasteiger charge is -2.12. The van der Waals surface area contributed by atoms with Gasteiger partial charge in [0.05, 0.1) is 6.20 Å². The van der Waals surface area contributed by atoms with E-state index in [2.05, 4.69) is 55.5 Å². The summed E-state index contributed by atoms with van der Waals surface area (Å²) >= 11 is 0. The first kappa shape index (κ1) is 13.8. The molecule has 1 aromatic heterocycles. The third-order valence-corrected chi connectivity index (χ3v) is 3.59. The predicted octanol–water partition coefficient (Wildman–Crippen LogP) is 2.94. The highest BCUT2D eigenvalue weighted by molar-refractivity contribution is 5.65. The molecule has 0 aliphatic heterocycles. The quantitative estimate of drug-likeness (QED) is 0.892. The minimum atomic E-state index is 0.524. The summed E-state index contributed by atoms with van der Waals surface area (Å²) in [5.74, 6) is 0. The van der Waals surface area contributed by atoms with E-state index in [1.54, 1.807) is 0 Å². The fraction of sp³-hybridized carbons (Fsp3) is 0.438. The molecule has 0 amide bonds. The van der Waals surface area contributed by atoms with E-state index in [-0.39, 0.29) is 0 Å². The number of nitrogens with zero attached hydrogens (tertiary/aromatic N) is 2. The monoisotopic (exact) mass is 257 g/mol. The maximum atomic E-state index is 4.29. The van der Waals surface area contributed by atoms with E-state index in [1.165, 1.54) is 22.4 Å². The van der Waals surface area contributed by atoms with Gasteiger partial charge in [-0.1, -0.05) is 31.2 Å². The van der Waals surface area contributed by atoms with Gasteiger partial charge in [0.2, 0.25) is 0 Å². The third kappa shape index (κ3) is 3.24. The van der Waals surface area contributed by atoms with Gasteiger partial charge in [0, 0.05) is 24.3 Å². The molecule has 0 aliphatic rings. The summed E-state index contributed by atoms with van der Waals surface area (Å²) in [5, 5.41) is 7.73. The van der Waals surface area contributed by atoms with Crippen molar-refractivity contribution in [1.82, 2.24) is 15.1 Å². The van der Waals surface area contributed by atoms with Crippen LogP contribution in [0.5, 0.6) is 0 Å². The highest BCUT2D eigenvalue weighted by Crippen LogP contribution is 2.23. The van der Waals surface area contributed by atoms with Crippen LogP contribution in [-0.2, 0) is 13.5 Å². The van der Waals surface area contributed by atoms with E-state index >= 15 is 0 Å². The van der Waals surface area contributed by atoms with Gasteiger partial charge in [-0.25, -0.2) is 0 Å². The van der Waals surface area contributed by atoms with Crippen LogP contribution >= 0.6 is 0 Å². The van der Waals surface area contributed by atoms with Crippen LogP contribution in [0.3, 0.4) is 0 Å². The second-order valence-electron chi connectivity index (χ2n) is 5.13. The van der Waals surface area contributed by atoms with Crippen LogP contribution in [0.4, 0.5) is 0 Å². The first-order chi connectivity index (χ1) is 9.11. The van der Waals surface area contributed by atoms with Crippen molar-refractivity contribution in [3.8, 4) is 11.1 Å². The number of aryl methyl sites for hydroxylation is 1. The van der Waals surface area contributed by atoms with E-state index in [0.29, 0.717) is 6.04 Å². The zero-order valence-corrected chi connectivity index (χ0v) is 12.3. The van der Waals surface area contributed by atoms with Gasteiger partial charge in [-0.2, -0.15) is 5.10 Å². The fourth-order valence-corrected chi connectivity index (χ4v) is 2.38. The van der Waals surface area contributed by atoms with Crippen LogP contribution in [0.1, 0.15) is 25.1 Å². The smallest absolute Gasteiger partial charge is 0.0571 e. The van der Waals surface area contributed by atoms with Gasteiger partial charge in [0.25, 0.3) is 0 Å². The molecule has 0 saturated heterocycles. The number of likely N-dealkylation sites (N-methyl/N-ethyl adjacent to an activating group) is 1. The molecule has 0 bridgehead atoms. The topological polar surface area (TPSA) is 29.9 Å². The lowest BCUT2D eigenvalue weighted by molar-refractivity contribution is 0.565. The summed E-state index contributed by atoms with van der Waals surface area (Å²) in [6.07, 6.45) is 3.01. The van der Waals surface area contributed by atoms with E-state index in [1.807, 2.05) is 17.9 Å². The summed E-state index contributed by atoms with van der Waals surface area (Å²) < 4.78 is 1.91. The van der Waals surface area contributed by atoms with Crippen molar-refractivity contribution in [2.45, 2.75) is 33.2 Å². The minimum Gasteiger partial charge on any atom is -0.314 e. The number of nitrogens with one attached hydrogen (secondary N) is 1. The fourth-order valence-electron chi connectivity index (χ4n) is 2.38. The molecule has 2 rings (SSSR count). The third-order valence-electron chi connectivity index (χ3n) is 3.59. The number of hydrogen-bond acceptors (Lipinski definition) is 2. The second kappa shape index (κ2) is 6.02. The van der Waals surface area contributed by atoms with Crippen molar-refractivity contribution in [2.75, 3.05) is 6.54 Å². The molecule has 0 saturated carbocycles. The van der Waals surface area contributed by atoms with Crippen molar-refractivity contribution in [3.05, 3.63) is 41.7 Å². The normalized spacial score (nSPS) is 12.6. The molecule has 1 aromatic carbocycles. The van der Waals surface area contributed by atoms with E-state index in [9.17, 15) is 0 Å². The van der Waals surface area contributed by atoms with Crippen LogP contribution in [0.15, 0.2) is 30.5 Å². The van der Waals surface area contributed by atoms with Gasteiger partial charge in [0.15, 0.2) is 0 Å². The SMILES string of the molecule is CCNC(C)Cc1ccc(-c2cnn(C)c2C)cc1. The Morgan fingerprint density at radius 3 is 2.47 bits per heavy atom. The molecular formula is C16H23N3. The zero-order valence-electron chi connectivity index (χ0n) is 12.3. The second-order valence-corrected chi connectivity index (χ2v) is 5.13. The molecule has 1 heterocycles. The Hall–Kier alpha value is -1.61. The maximum absolute atomic E-state index is 4.29. The van der Waals surface area contributed by atoms with Gasteiger partial charge in [-0.3, -0.25) is 4.68 Å². The molecule has 3 heteroatoms. The highest BCUT2D eigenvalue weighted by Gasteiger charge is 2.07. The number of hydrogen-bond donors (Lipinski definition) is 1. The van der Waals surface area contributed by atoms with Gasteiger partial charge in [-0.05, 0) is 37.9 Å². The van der Waals surface area contributed by atoms with Crippen LogP contribution in [-0.4, -0.2) is 22.4 Å². The molecule has 0 fully saturated rings. The average molecular weight is 257 g/mol. The Bertz CT molecular complexity index is 525. The molecule has 1 unspecified atom stereocenters. The van der Waals surface area contributed by atoms with Crippen molar-refractivity contribution in [2.24, 2.45) is 7.05 Å². The lowest BCUT2D eigenvalue weighted by Crippen LogP contribution is -2.27. The van der Waals surface area contributed by atoms with E-state index in [0.717, 1.165) is 13.0 Å². The van der Waals surface area contributed by atoms with Crippen molar-refractivity contribution >= 4 is 0 Å². The molecule has 2 aromatic rings. The van der Waals surface area contributed by atoms with Gasteiger partial charge < -0.3 is 5.32 Å².